The van der Waals surface area contributed by atoms with Gasteiger partial charge in [-0.2, -0.15) is 0 Å². The molecule has 2 heteroatoms. The van der Waals surface area contributed by atoms with Crippen LogP contribution in [-0.2, 0) is 0 Å². The first kappa shape index (κ1) is 15.3. The van der Waals surface area contributed by atoms with Gasteiger partial charge in [0, 0.05) is 31.2 Å². The van der Waals surface area contributed by atoms with Crippen LogP contribution in [0.25, 0.3) is 0 Å². The van der Waals surface area contributed by atoms with Crippen molar-refractivity contribution in [1.82, 2.24) is 10.2 Å². The van der Waals surface area contributed by atoms with Gasteiger partial charge in [-0.25, -0.2) is 0 Å². The lowest BCUT2D eigenvalue weighted by molar-refractivity contribution is 0.0554. The van der Waals surface area contributed by atoms with Crippen LogP contribution in [0.4, 0.5) is 0 Å². The van der Waals surface area contributed by atoms with Crippen molar-refractivity contribution in [2.75, 3.05) is 19.6 Å². The number of rotatable bonds is 6. The molecule has 0 amide bonds. The Morgan fingerprint density at radius 1 is 1.11 bits per heavy atom. The van der Waals surface area contributed by atoms with E-state index >= 15 is 0 Å². The Kier molecular flexibility index (Phi) is 5.70. The Morgan fingerprint density at radius 3 is 2.37 bits per heavy atom. The van der Waals surface area contributed by atoms with E-state index in [0.29, 0.717) is 5.54 Å². The summed E-state index contributed by atoms with van der Waals surface area (Å²) in [6.45, 7) is 10.9. The molecule has 1 aliphatic heterocycles. The van der Waals surface area contributed by atoms with Gasteiger partial charge in [-0.3, -0.25) is 4.90 Å². The second-order valence-corrected chi connectivity index (χ2v) is 6.89. The van der Waals surface area contributed by atoms with Crippen LogP contribution in [0.5, 0.6) is 0 Å². The predicted molar refractivity (Wildman–Crippen MR) is 83.5 cm³/mol. The maximum absolute atomic E-state index is 3.88. The largest absolute Gasteiger partial charge is 0.308 e. The van der Waals surface area contributed by atoms with Gasteiger partial charge in [0.25, 0.3) is 0 Å². The minimum absolute atomic E-state index is 0.392. The quantitative estimate of drug-likeness (QED) is 0.786. The molecule has 0 bridgehead atoms. The molecule has 2 rings (SSSR count). The summed E-state index contributed by atoms with van der Waals surface area (Å²) in [6, 6.07) is 0.789. The molecule has 0 radical (unpaired) electrons. The lowest BCUT2D eigenvalue weighted by Gasteiger charge is -2.48. The summed E-state index contributed by atoms with van der Waals surface area (Å²) in [4.78, 5) is 2.85. The second-order valence-electron chi connectivity index (χ2n) is 6.89. The Balaban J connectivity index is 1.98. The van der Waals surface area contributed by atoms with E-state index in [2.05, 4.69) is 31.0 Å². The third kappa shape index (κ3) is 3.72. The Hall–Kier alpha value is -0.0800. The van der Waals surface area contributed by atoms with Crippen molar-refractivity contribution in [2.24, 2.45) is 5.92 Å². The molecule has 0 aromatic heterocycles. The summed E-state index contributed by atoms with van der Waals surface area (Å²) < 4.78 is 0. The van der Waals surface area contributed by atoms with Crippen LogP contribution in [-0.4, -0.2) is 36.1 Å². The van der Waals surface area contributed by atoms with Crippen molar-refractivity contribution in [1.29, 1.82) is 0 Å². The third-order valence-corrected chi connectivity index (χ3v) is 5.68. The molecule has 2 nitrogen and oxygen atoms in total. The maximum atomic E-state index is 3.88. The molecule has 1 aliphatic carbocycles. The van der Waals surface area contributed by atoms with E-state index in [-0.39, 0.29) is 0 Å². The zero-order chi connectivity index (χ0) is 13.7. The molecular weight excluding hydrogens is 232 g/mol. The molecule has 1 N–H and O–H groups in total. The van der Waals surface area contributed by atoms with Crippen molar-refractivity contribution in [3.63, 3.8) is 0 Å². The first-order valence-electron chi connectivity index (χ1n) is 8.72. The highest BCUT2D eigenvalue weighted by Gasteiger charge is 2.37. The van der Waals surface area contributed by atoms with Gasteiger partial charge < -0.3 is 5.32 Å². The number of hydrogen-bond donors (Lipinski definition) is 1. The highest BCUT2D eigenvalue weighted by atomic mass is 15.3. The topological polar surface area (TPSA) is 15.3 Å². The van der Waals surface area contributed by atoms with Crippen molar-refractivity contribution in [3.05, 3.63) is 0 Å². The summed E-state index contributed by atoms with van der Waals surface area (Å²) in [6.07, 6.45) is 11.1. The van der Waals surface area contributed by atoms with Gasteiger partial charge >= 0.3 is 0 Å². The molecule has 2 aliphatic rings. The zero-order valence-electron chi connectivity index (χ0n) is 13.4. The van der Waals surface area contributed by atoms with E-state index in [0.717, 1.165) is 12.0 Å². The Morgan fingerprint density at radius 2 is 1.79 bits per heavy atom. The van der Waals surface area contributed by atoms with E-state index in [1.54, 1.807) is 0 Å². The van der Waals surface area contributed by atoms with Gasteiger partial charge in [-0.05, 0) is 38.0 Å². The standard InChI is InChI=1S/C17H34N2/c1-4-9-16-12-18-17(5-2,6-3)14-19(16)13-15-10-7-8-11-15/h15-16,18H,4-14H2,1-3H3. The van der Waals surface area contributed by atoms with Crippen LogP contribution in [0.1, 0.15) is 72.1 Å². The van der Waals surface area contributed by atoms with E-state index < -0.39 is 0 Å². The van der Waals surface area contributed by atoms with E-state index in [9.17, 15) is 0 Å². The smallest absolute Gasteiger partial charge is 0.0304 e. The maximum Gasteiger partial charge on any atom is 0.0304 e. The van der Waals surface area contributed by atoms with Crippen LogP contribution in [0.2, 0.25) is 0 Å². The van der Waals surface area contributed by atoms with E-state index in [1.807, 2.05) is 0 Å². The molecule has 1 saturated heterocycles. The highest BCUT2D eigenvalue weighted by molar-refractivity contribution is 4.97. The summed E-state index contributed by atoms with van der Waals surface area (Å²) in [7, 11) is 0. The summed E-state index contributed by atoms with van der Waals surface area (Å²) in [5.74, 6) is 0.990. The fourth-order valence-corrected chi connectivity index (χ4v) is 4.12. The molecule has 19 heavy (non-hydrogen) atoms. The normalized spacial score (nSPS) is 28.9. The molecule has 0 aromatic carbocycles. The van der Waals surface area contributed by atoms with Crippen molar-refractivity contribution in [2.45, 2.75) is 83.7 Å². The molecular formula is C17H34N2. The average Bonchev–Trinajstić information content (AvgIpc) is 2.94. The second kappa shape index (κ2) is 7.08. The van der Waals surface area contributed by atoms with Crippen LogP contribution in [0.15, 0.2) is 0 Å². The highest BCUT2D eigenvalue weighted by Crippen LogP contribution is 2.30. The van der Waals surface area contributed by atoms with Crippen LogP contribution in [0.3, 0.4) is 0 Å². The summed E-state index contributed by atoms with van der Waals surface area (Å²) in [5.41, 5.74) is 0.392. The number of nitrogens with one attached hydrogen (secondary N) is 1. The Bertz CT molecular complexity index is 254. The van der Waals surface area contributed by atoms with E-state index in [1.165, 1.54) is 71.0 Å². The summed E-state index contributed by atoms with van der Waals surface area (Å²) in [5, 5.41) is 3.88. The average molecular weight is 266 g/mol. The van der Waals surface area contributed by atoms with Crippen molar-refractivity contribution >= 4 is 0 Å². The summed E-state index contributed by atoms with van der Waals surface area (Å²) >= 11 is 0. The van der Waals surface area contributed by atoms with Crippen LogP contribution >= 0.6 is 0 Å². The lowest BCUT2D eigenvalue weighted by Crippen LogP contribution is -2.64. The molecule has 0 spiro atoms. The van der Waals surface area contributed by atoms with Crippen molar-refractivity contribution < 1.29 is 0 Å². The predicted octanol–water partition coefficient (Wildman–Crippen LogP) is 3.81. The van der Waals surface area contributed by atoms with Gasteiger partial charge in [-0.1, -0.05) is 40.0 Å². The SMILES string of the molecule is CCCC1CNC(CC)(CC)CN1CC1CCCC1. The number of hydrogen-bond acceptors (Lipinski definition) is 2. The molecule has 0 aromatic rings. The van der Waals surface area contributed by atoms with Crippen LogP contribution < -0.4 is 5.32 Å². The molecule has 1 saturated carbocycles. The fraction of sp³-hybridized carbons (Fsp3) is 1.00. The monoisotopic (exact) mass is 266 g/mol. The van der Waals surface area contributed by atoms with Gasteiger partial charge in [0.1, 0.15) is 0 Å². The molecule has 1 atom stereocenters. The third-order valence-electron chi connectivity index (χ3n) is 5.68. The van der Waals surface area contributed by atoms with Gasteiger partial charge in [0.2, 0.25) is 0 Å². The molecule has 2 fully saturated rings. The molecule has 1 unspecified atom stereocenters. The lowest BCUT2D eigenvalue weighted by atomic mass is 9.87. The fourth-order valence-electron chi connectivity index (χ4n) is 4.12. The number of piperazine rings is 1. The molecule has 1 heterocycles. The van der Waals surface area contributed by atoms with Gasteiger partial charge in [0.05, 0.1) is 0 Å². The van der Waals surface area contributed by atoms with E-state index in [4.69, 9.17) is 0 Å². The zero-order valence-corrected chi connectivity index (χ0v) is 13.4. The minimum atomic E-state index is 0.392. The molecule has 112 valence electrons. The first-order valence-corrected chi connectivity index (χ1v) is 8.72. The van der Waals surface area contributed by atoms with Crippen molar-refractivity contribution in [3.8, 4) is 0 Å². The number of nitrogens with zero attached hydrogens (tertiary/aromatic N) is 1. The van der Waals surface area contributed by atoms with Crippen LogP contribution in [0, 0.1) is 5.92 Å². The van der Waals surface area contributed by atoms with Gasteiger partial charge in [-0.15, -0.1) is 0 Å². The first-order chi connectivity index (χ1) is 9.23. The van der Waals surface area contributed by atoms with Gasteiger partial charge in [0.15, 0.2) is 0 Å². The minimum Gasteiger partial charge on any atom is -0.308 e. The Labute approximate surface area is 120 Å².